The summed E-state index contributed by atoms with van der Waals surface area (Å²) in [6.07, 6.45) is 6.22. The van der Waals surface area contributed by atoms with Gasteiger partial charge in [0.2, 0.25) is 0 Å². The first-order valence-electron chi connectivity index (χ1n) is 7.76. The van der Waals surface area contributed by atoms with Crippen molar-refractivity contribution < 1.29 is 14.3 Å². The van der Waals surface area contributed by atoms with E-state index >= 15 is 0 Å². The van der Waals surface area contributed by atoms with E-state index in [0.29, 0.717) is 23.0 Å². The number of amides is 1. The summed E-state index contributed by atoms with van der Waals surface area (Å²) >= 11 is 5.89. The molecule has 2 rings (SSSR count). The number of rotatable bonds is 6. The predicted molar refractivity (Wildman–Crippen MR) is 87.0 cm³/mol. The fourth-order valence-corrected chi connectivity index (χ4v) is 2.93. The van der Waals surface area contributed by atoms with Gasteiger partial charge in [-0.1, -0.05) is 43.4 Å². The number of benzene rings is 1. The van der Waals surface area contributed by atoms with E-state index in [4.69, 9.17) is 16.3 Å². The first-order chi connectivity index (χ1) is 10.5. The van der Waals surface area contributed by atoms with Crippen LogP contribution in [0.15, 0.2) is 18.2 Å². The molecule has 0 aliphatic heterocycles. The van der Waals surface area contributed by atoms with Crippen molar-refractivity contribution in [2.24, 2.45) is 5.92 Å². The Kier molecular flexibility index (Phi) is 6.25. The van der Waals surface area contributed by atoms with Crippen molar-refractivity contribution in [3.63, 3.8) is 0 Å². The van der Waals surface area contributed by atoms with E-state index in [0.717, 1.165) is 12.0 Å². The summed E-state index contributed by atoms with van der Waals surface area (Å²) in [5.41, 5.74) is 1.55. The van der Waals surface area contributed by atoms with Crippen LogP contribution in [0.1, 0.15) is 44.1 Å². The molecular formula is C17H22ClNO3. The minimum absolute atomic E-state index is 0.255. The third-order valence-corrected chi connectivity index (χ3v) is 4.30. The van der Waals surface area contributed by atoms with E-state index in [-0.39, 0.29) is 18.5 Å². The second-order valence-electron chi connectivity index (χ2n) is 5.86. The second-order valence-corrected chi connectivity index (χ2v) is 6.29. The van der Waals surface area contributed by atoms with Crippen LogP contribution in [-0.2, 0) is 14.3 Å². The van der Waals surface area contributed by atoms with Crippen LogP contribution in [-0.4, -0.2) is 18.5 Å². The van der Waals surface area contributed by atoms with Gasteiger partial charge in [0.05, 0.1) is 0 Å². The zero-order valence-corrected chi connectivity index (χ0v) is 13.6. The maximum atomic E-state index is 11.8. The summed E-state index contributed by atoms with van der Waals surface area (Å²) in [5.74, 6) is -0.0000594. The van der Waals surface area contributed by atoms with Crippen LogP contribution in [0.4, 0.5) is 5.69 Å². The van der Waals surface area contributed by atoms with E-state index in [1.54, 1.807) is 12.1 Å². The summed E-state index contributed by atoms with van der Waals surface area (Å²) in [7, 11) is 0. The number of aryl methyl sites for hydroxylation is 1. The van der Waals surface area contributed by atoms with Gasteiger partial charge in [-0.15, -0.1) is 0 Å². The van der Waals surface area contributed by atoms with Crippen LogP contribution >= 0.6 is 11.6 Å². The number of hydrogen-bond donors (Lipinski definition) is 1. The second kappa shape index (κ2) is 8.18. The molecule has 0 aromatic heterocycles. The number of anilines is 1. The molecule has 0 spiro atoms. The summed E-state index contributed by atoms with van der Waals surface area (Å²) in [4.78, 5) is 23.5. The lowest BCUT2D eigenvalue weighted by Crippen LogP contribution is -2.21. The molecule has 0 heterocycles. The van der Waals surface area contributed by atoms with Gasteiger partial charge in [-0.05, 0) is 37.0 Å². The summed E-state index contributed by atoms with van der Waals surface area (Å²) < 4.78 is 5.02. The van der Waals surface area contributed by atoms with Gasteiger partial charge in [-0.25, -0.2) is 0 Å². The molecule has 1 aromatic carbocycles. The van der Waals surface area contributed by atoms with Crippen molar-refractivity contribution in [3.05, 3.63) is 28.8 Å². The fraction of sp³-hybridized carbons (Fsp3) is 0.529. The van der Waals surface area contributed by atoms with Crippen LogP contribution in [0.5, 0.6) is 0 Å². The monoisotopic (exact) mass is 323 g/mol. The third-order valence-electron chi connectivity index (χ3n) is 4.07. The van der Waals surface area contributed by atoms with Crippen LogP contribution in [0.2, 0.25) is 5.02 Å². The molecule has 5 heteroatoms. The van der Waals surface area contributed by atoms with Crippen LogP contribution in [0.3, 0.4) is 0 Å². The van der Waals surface area contributed by atoms with E-state index < -0.39 is 0 Å². The Morgan fingerprint density at radius 1 is 1.32 bits per heavy atom. The quantitative estimate of drug-likeness (QED) is 0.802. The molecule has 1 aliphatic rings. The third kappa shape index (κ3) is 5.34. The molecule has 1 aromatic rings. The average Bonchev–Trinajstić information content (AvgIpc) is 3.00. The Morgan fingerprint density at radius 2 is 2.05 bits per heavy atom. The molecule has 1 saturated carbocycles. The van der Waals surface area contributed by atoms with Gasteiger partial charge in [0, 0.05) is 17.1 Å². The molecule has 1 aliphatic carbocycles. The molecule has 4 nitrogen and oxygen atoms in total. The van der Waals surface area contributed by atoms with E-state index in [1.807, 2.05) is 13.0 Å². The van der Waals surface area contributed by atoms with Gasteiger partial charge in [0.15, 0.2) is 6.61 Å². The van der Waals surface area contributed by atoms with Crippen molar-refractivity contribution in [1.29, 1.82) is 0 Å². The van der Waals surface area contributed by atoms with Crippen molar-refractivity contribution in [3.8, 4) is 0 Å². The number of nitrogens with one attached hydrogen (secondary N) is 1. The van der Waals surface area contributed by atoms with Crippen LogP contribution in [0.25, 0.3) is 0 Å². The van der Waals surface area contributed by atoms with Gasteiger partial charge >= 0.3 is 5.97 Å². The zero-order valence-electron chi connectivity index (χ0n) is 12.9. The number of hydrogen-bond acceptors (Lipinski definition) is 3. The van der Waals surface area contributed by atoms with E-state index in [2.05, 4.69) is 5.32 Å². The highest BCUT2D eigenvalue weighted by Gasteiger charge is 2.17. The molecule has 1 amide bonds. The molecule has 1 N–H and O–H groups in total. The maximum absolute atomic E-state index is 11.8. The van der Waals surface area contributed by atoms with E-state index in [9.17, 15) is 9.59 Å². The van der Waals surface area contributed by atoms with Crippen LogP contribution in [0, 0.1) is 12.8 Å². The van der Waals surface area contributed by atoms with Gasteiger partial charge < -0.3 is 10.1 Å². The Morgan fingerprint density at radius 3 is 2.77 bits per heavy atom. The Labute approximate surface area is 136 Å². The van der Waals surface area contributed by atoms with E-state index in [1.165, 1.54) is 25.7 Å². The van der Waals surface area contributed by atoms with Crippen LogP contribution < -0.4 is 5.32 Å². The predicted octanol–water partition coefficient (Wildman–Crippen LogP) is 4.10. The smallest absolute Gasteiger partial charge is 0.306 e. The fourth-order valence-electron chi connectivity index (χ4n) is 2.75. The number of halogens is 1. The summed E-state index contributed by atoms with van der Waals surface area (Å²) in [6.45, 7) is 1.62. The number of esters is 1. The lowest BCUT2D eigenvalue weighted by molar-refractivity contribution is -0.147. The molecule has 0 saturated heterocycles. The lowest BCUT2D eigenvalue weighted by atomic mass is 10.0. The topological polar surface area (TPSA) is 55.4 Å². The molecule has 0 radical (unpaired) electrons. The highest BCUT2D eigenvalue weighted by Crippen LogP contribution is 2.28. The molecule has 0 unspecified atom stereocenters. The Bertz CT molecular complexity index is 539. The summed E-state index contributed by atoms with van der Waals surface area (Å²) in [6, 6.07) is 5.26. The molecule has 22 heavy (non-hydrogen) atoms. The van der Waals surface area contributed by atoms with Crippen molar-refractivity contribution in [2.75, 3.05) is 11.9 Å². The lowest BCUT2D eigenvalue weighted by Gasteiger charge is -2.10. The average molecular weight is 324 g/mol. The highest BCUT2D eigenvalue weighted by atomic mass is 35.5. The first-order valence-corrected chi connectivity index (χ1v) is 8.14. The minimum atomic E-state index is -0.348. The number of ether oxygens (including phenoxy) is 1. The molecule has 0 atom stereocenters. The Balaban J connectivity index is 1.70. The normalized spacial score (nSPS) is 14.8. The molecular weight excluding hydrogens is 302 g/mol. The first kappa shape index (κ1) is 16.8. The van der Waals surface area contributed by atoms with Crippen molar-refractivity contribution in [1.82, 2.24) is 0 Å². The SMILES string of the molecule is Cc1ccc(Cl)cc1NC(=O)COC(=O)CCC1CCCC1. The number of carbonyl (C=O) groups is 2. The minimum Gasteiger partial charge on any atom is -0.456 e. The standard InChI is InChI=1S/C17H22ClNO3/c1-12-6-8-14(18)10-15(12)19-16(20)11-22-17(21)9-7-13-4-2-3-5-13/h6,8,10,13H,2-5,7,9,11H2,1H3,(H,19,20). The largest absolute Gasteiger partial charge is 0.456 e. The van der Waals surface area contributed by atoms with Crippen molar-refractivity contribution >= 4 is 29.2 Å². The van der Waals surface area contributed by atoms with Gasteiger partial charge in [0.1, 0.15) is 0 Å². The van der Waals surface area contributed by atoms with Gasteiger partial charge in [-0.3, -0.25) is 9.59 Å². The summed E-state index contributed by atoms with van der Waals surface area (Å²) in [5, 5.41) is 3.25. The maximum Gasteiger partial charge on any atom is 0.306 e. The molecule has 0 bridgehead atoms. The number of carbonyl (C=O) groups excluding carboxylic acids is 2. The van der Waals surface area contributed by atoms with Gasteiger partial charge in [0.25, 0.3) is 5.91 Å². The molecule has 120 valence electrons. The van der Waals surface area contributed by atoms with Gasteiger partial charge in [-0.2, -0.15) is 0 Å². The highest BCUT2D eigenvalue weighted by molar-refractivity contribution is 6.31. The zero-order chi connectivity index (χ0) is 15.9. The molecule has 1 fully saturated rings. The Hall–Kier alpha value is -1.55. The van der Waals surface area contributed by atoms with Crippen molar-refractivity contribution in [2.45, 2.75) is 45.4 Å².